The Kier molecular flexibility index (Phi) is 11.7. The van der Waals surface area contributed by atoms with E-state index in [0.29, 0.717) is 17.9 Å². The summed E-state index contributed by atoms with van der Waals surface area (Å²) in [7, 11) is 0. The van der Waals surface area contributed by atoms with Gasteiger partial charge in [0.05, 0.1) is 23.6 Å². The SMILES string of the molecule is Cc1cc(COc2ccc(C(=O)N[C@@H]3CN(C(=O)OC(C)C)CC[C@@H]3C(=O)NO)cc2)c2ccccc2n1.O=C(O)C(F)(F)F. The van der Waals surface area contributed by atoms with Gasteiger partial charge in [0.1, 0.15) is 12.4 Å². The largest absolute Gasteiger partial charge is 0.490 e. The van der Waals surface area contributed by atoms with Gasteiger partial charge in [-0.25, -0.2) is 15.1 Å². The molecule has 0 saturated carbocycles. The normalized spacial score (nSPS) is 16.3. The lowest BCUT2D eigenvalue weighted by atomic mass is 9.90. The zero-order chi connectivity index (χ0) is 33.3. The molecule has 3 amide bonds. The minimum Gasteiger partial charge on any atom is -0.489 e. The molecule has 45 heavy (non-hydrogen) atoms. The Labute approximate surface area is 256 Å². The summed E-state index contributed by atoms with van der Waals surface area (Å²) in [5.74, 6) is -3.89. The maximum atomic E-state index is 13.0. The molecule has 2 aromatic carbocycles. The van der Waals surface area contributed by atoms with E-state index in [4.69, 9.17) is 24.6 Å². The maximum absolute atomic E-state index is 13.0. The van der Waals surface area contributed by atoms with Gasteiger partial charge < -0.3 is 24.8 Å². The van der Waals surface area contributed by atoms with Gasteiger partial charge in [0.25, 0.3) is 5.91 Å². The number of rotatable bonds is 7. The van der Waals surface area contributed by atoms with Crippen LogP contribution in [-0.2, 0) is 20.9 Å². The third kappa shape index (κ3) is 9.79. The van der Waals surface area contributed by atoms with Gasteiger partial charge in [-0.05, 0) is 63.6 Å². The predicted molar refractivity (Wildman–Crippen MR) is 153 cm³/mol. The molecule has 15 heteroatoms. The van der Waals surface area contributed by atoms with E-state index in [1.807, 2.05) is 37.3 Å². The highest BCUT2D eigenvalue weighted by atomic mass is 19.4. The molecule has 12 nitrogen and oxygen atoms in total. The van der Waals surface area contributed by atoms with Crippen molar-refractivity contribution in [3.63, 3.8) is 0 Å². The number of nitrogens with zero attached hydrogens (tertiary/aromatic N) is 2. The zero-order valence-electron chi connectivity index (χ0n) is 24.6. The number of fused-ring (bicyclic) bond motifs is 1. The molecule has 0 spiro atoms. The molecule has 0 radical (unpaired) electrons. The van der Waals surface area contributed by atoms with Crippen LogP contribution in [0.2, 0.25) is 0 Å². The fourth-order valence-electron chi connectivity index (χ4n) is 4.57. The molecule has 2 heterocycles. The number of nitrogens with one attached hydrogen (secondary N) is 2. The van der Waals surface area contributed by atoms with E-state index < -0.39 is 42.0 Å². The fraction of sp³-hybridized carbons (Fsp3) is 0.367. The van der Waals surface area contributed by atoms with Crippen LogP contribution in [0.3, 0.4) is 0 Å². The lowest BCUT2D eigenvalue weighted by Gasteiger charge is -2.37. The number of pyridine rings is 1. The van der Waals surface area contributed by atoms with Crippen molar-refractivity contribution in [1.29, 1.82) is 0 Å². The first-order valence-electron chi connectivity index (χ1n) is 13.8. The molecule has 0 unspecified atom stereocenters. The molecule has 0 bridgehead atoms. The second-order valence-corrected chi connectivity index (χ2v) is 10.4. The van der Waals surface area contributed by atoms with Crippen molar-refractivity contribution < 1.29 is 52.1 Å². The van der Waals surface area contributed by atoms with Crippen LogP contribution in [0.15, 0.2) is 54.6 Å². The standard InChI is InChI=1S/C28H32N4O6.C2HF3O2/c1-17(2)38-28(35)32-13-12-23(27(34)31-36)25(15-32)30-26(33)19-8-10-21(11-9-19)37-16-20-14-18(3)29-24-7-5-4-6-22(20)24;3-2(4,5)1(6)7/h4-11,14,17,23,25,36H,12-13,15-16H2,1-3H3,(H,30,33)(H,31,34);(H,6,7)/t23-,25+;/m0./s1. The molecular formula is C30H33F3N4O8. The number of aliphatic carboxylic acids is 1. The molecule has 4 rings (SSSR count). The van der Waals surface area contributed by atoms with E-state index >= 15 is 0 Å². The van der Waals surface area contributed by atoms with E-state index in [1.54, 1.807) is 43.6 Å². The van der Waals surface area contributed by atoms with Gasteiger partial charge in [0, 0.05) is 35.3 Å². The summed E-state index contributed by atoms with van der Waals surface area (Å²) in [4.78, 5) is 52.5. The Hall–Kier alpha value is -4.92. The molecule has 4 N–H and O–H groups in total. The third-order valence-corrected chi connectivity index (χ3v) is 6.65. The van der Waals surface area contributed by atoms with Crippen LogP contribution in [0.25, 0.3) is 10.9 Å². The molecule has 1 aliphatic rings. The van der Waals surface area contributed by atoms with Gasteiger partial charge in [-0.3, -0.25) is 19.8 Å². The first-order valence-corrected chi connectivity index (χ1v) is 13.8. The number of alkyl halides is 3. The number of para-hydroxylation sites is 1. The van der Waals surface area contributed by atoms with Gasteiger partial charge in [-0.1, -0.05) is 18.2 Å². The number of benzene rings is 2. The van der Waals surface area contributed by atoms with Crippen LogP contribution < -0.4 is 15.5 Å². The van der Waals surface area contributed by atoms with Crippen LogP contribution in [0.1, 0.15) is 41.9 Å². The number of carbonyl (C=O) groups is 4. The Morgan fingerprint density at radius 2 is 1.73 bits per heavy atom. The van der Waals surface area contributed by atoms with Gasteiger partial charge >= 0.3 is 18.2 Å². The number of carbonyl (C=O) groups excluding carboxylic acids is 3. The highest BCUT2D eigenvalue weighted by Gasteiger charge is 2.38. The molecule has 242 valence electrons. The molecule has 1 fully saturated rings. The number of aromatic nitrogens is 1. The molecule has 0 aliphatic carbocycles. The van der Waals surface area contributed by atoms with Gasteiger partial charge in [-0.2, -0.15) is 13.2 Å². The molecule has 1 aromatic heterocycles. The number of amides is 3. The van der Waals surface area contributed by atoms with Gasteiger partial charge in [-0.15, -0.1) is 0 Å². The number of halogens is 3. The van der Waals surface area contributed by atoms with Crippen molar-refractivity contribution >= 4 is 34.8 Å². The lowest BCUT2D eigenvalue weighted by molar-refractivity contribution is -0.192. The number of hydroxylamine groups is 1. The monoisotopic (exact) mass is 634 g/mol. The van der Waals surface area contributed by atoms with Gasteiger partial charge in [0.2, 0.25) is 5.91 Å². The number of hydrogen-bond acceptors (Lipinski definition) is 8. The number of carboxylic acids is 1. The van der Waals surface area contributed by atoms with Crippen LogP contribution in [-0.4, -0.2) is 75.5 Å². The van der Waals surface area contributed by atoms with Crippen LogP contribution in [0.5, 0.6) is 5.75 Å². The van der Waals surface area contributed by atoms with E-state index in [0.717, 1.165) is 22.2 Å². The second kappa shape index (κ2) is 15.2. The third-order valence-electron chi connectivity index (χ3n) is 6.65. The highest BCUT2D eigenvalue weighted by Crippen LogP contribution is 2.23. The summed E-state index contributed by atoms with van der Waals surface area (Å²) >= 11 is 0. The topological polar surface area (TPSA) is 167 Å². The Bertz CT molecular complexity index is 1520. The summed E-state index contributed by atoms with van der Waals surface area (Å²) in [6, 6.07) is 15.8. The zero-order valence-corrected chi connectivity index (χ0v) is 24.6. The number of carboxylic acid groups (broad SMARTS) is 1. The van der Waals surface area contributed by atoms with Crippen molar-refractivity contribution in [2.24, 2.45) is 5.92 Å². The average molecular weight is 635 g/mol. The molecule has 1 saturated heterocycles. The summed E-state index contributed by atoms with van der Waals surface area (Å²) in [5, 5.41) is 20.1. The van der Waals surface area contributed by atoms with Crippen molar-refractivity contribution in [1.82, 2.24) is 20.7 Å². The van der Waals surface area contributed by atoms with E-state index in [2.05, 4.69) is 10.3 Å². The first-order chi connectivity index (χ1) is 21.2. The summed E-state index contributed by atoms with van der Waals surface area (Å²) in [6.45, 7) is 6.13. The smallest absolute Gasteiger partial charge is 0.489 e. The van der Waals surface area contributed by atoms with Crippen LogP contribution in [0.4, 0.5) is 18.0 Å². The molecule has 3 aromatic rings. The number of likely N-dealkylation sites (tertiary alicyclic amines) is 1. The molecule has 2 atom stereocenters. The van der Waals surface area contributed by atoms with Crippen molar-refractivity contribution in [2.75, 3.05) is 13.1 Å². The van der Waals surface area contributed by atoms with Crippen molar-refractivity contribution in [2.45, 2.75) is 52.1 Å². The van der Waals surface area contributed by atoms with E-state index in [9.17, 15) is 27.6 Å². The first kappa shape index (κ1) is 34.6. The quantitative estimate of drug-likeness (QED) is 0.220. The van der Waals surface area contributed by atoms with Gasteiger partial charge in [0.15, 0.2) is 0 Å². The minimum absolute atomic E-state index is 0.0792. The van der Waals surface area contributed by atoms with Crippen molar-refractivity contribution in [3.8, 4) is 5.75 Å². The van der Waals surface area contributed by atoms with E-state index in [1.165, 1.54) is 4.90 Å². The Morgan fingerprint density at radius 1 is 1.09 bits per heavy atom. The van der Waals surface area contributed by atoms with Crippen molar-refractivity contribution in [3.05, 3.63) is 71.4 Å². The number of hydrogen-bond donors (Lipinski definition) is 4. The average Bonchev–Trinajstić information content (AvgIpc) is 2.99. The Morgan fingerprint density at radius 3 is 2.33 bits per heavy atom. The predicted octanol–water partition coefficient (Wildman–Crippen LogP) is 4.23. The number of aryl methyl sites for hydroxylation is 1. The van der Waals surface area contributed by atoms with E-state index in [-0.39, 0.29) is 25.6 Å². The molecule has 1 aliphatic heterocycles. The highest BCUT2D eigenvalue weighted by molar-refractivity contribution is 5.95. The van der Waals surface area contributed by atoms with Crippen LogP contribution >= 0.6 is 0 Å². The summed E-state index contributed by atoms with van der Waals surface area (Å²) in [6.07, 6.45) is -5.63. The maximum Gasteiger partial charge on any atom is 0.490 e. The summed E-state index contributed by atoms with van der Waals surface area (Å²) in [5.41, 5.74) is 4.85. The Balaban J connectivity index is 0.000000707. The molecular weight excluding hydrogens is 601 g/mol. The number of piperidine rings is 1. The number of ether oxygens (including phenoxy) is 2. The summed E-state index contributed by atoms with van der Waals surface area (Å²) < 4.78 is 43.0. The fourth-order valence-corrected chi connectivity index (χ4v) is 4.57. The lowest BCUT2D eigenvalue weighted by Crippen LogP contribution is -2.57. The minimum atomic E-state index is -5.08. The van der Waals surface area contributed by atoms with Crippen LogP contribution in [0, 0.1) is 12.8 Å². The second-order valence-electron chi connectivity index (χ2n) is 10.4.